The Labute approximate surface area is 156 Å². The van der Waals surface area contributed by atoms with Gasteiger partial charge in [-0.25, -0.2) is 8.93 Å². The van der Waals surface area contributed by atoms with Gasteiger partial charge in [0.2, 0.25) is 0 Å². The van der Waals surface area contributed by atoms with E-state index in [2.05, 4.69) is 35.9 Å². The normalized spacial score (nSPS) is 27.0. The van der Waals surface area contributed by atoms with Crippen LogP contribution in [-0.2, 0) is 17.4 Å². The second-order valence-electron chi connectivity index (χ2n) is 8.37. The van der Waals surface area contributed by atoms with Gasteiger partial charge in [0.25, 0.3) is 0 Å². The predicted octanol–water partition coefficient (Wildman–Crippen LogP) is 4.23. The summed E-state index contributed by atoms with van der Waals surface area (Å²) in [5.41, 5.74) is 1.30. The van der Waals surface area contributed by atoms with Gasteiger partial charge < -0.3 is 5.11 Å². The highest BCUT2D eigenvalue weighted by molar-refractivity contribution is 7.84. The summed E-state index contributed by atoms with van der Waals surface area (Å²) in [6.07, 6.45) is 5.78. The van der Waals surface area contributed by atoms with Crippen LogP contribution in [0.3, 0.4) is 0 Å². The lowest BCUT2D eigenvalue weighted by Crippen LogP contribution is -2.50. The van der Waals surface area contributed by atoms with Crippen LogP contribution in [-0.4, -0.2) is 26.2 Å². The van der Waals surface area contributed by atoms with E-state index in [4.69, 9.17) is 0 Å². The molecule has 0 aliphatic heterocycles. The Hall–Kier alpha value is -0.710. The van der Waals surface area contributed by atoms with E-state index in [-0.39, 0.29) is 22.8 Å². The number of aliphatic hydroxyl groups excluding tert-OH is 1. The third kappa shape index (κ3) is 5.90. The lowest BCUT2D eigenvalue weighted by Gasteiger charge is -2.41. The maximum absolute atomic E-state index is 12.7. The van der Waals surface area contributed by atoms with Crippen molar-refractivity contribution in [1.29, 1.82) is 0 Å². The van der Waals surface area contributed by atoms with E-state index < -0.39 is 11.0 Å². The lowest BCUT2D eigenvalue weighted by molar-refractivity contribution is 0.0123. The van der Waals surface area contributed by atoms with Gasteiger partial charge in [-0.3, -0.25) is 0 Å². The molecule has 4 heteroatoms. The first-order valence-electron chi connectivity index (χ1n) is 9.73. The second-order valence-corrected chi connectivity index (χ2v) is 10.4. The lowest BCUT2D eigenvalue weighted by atomic mass is 9.71. The quantitative estimate of drug-likeness (QED) is 0.760. The van der Waals surface area contributed by atoms with Crippen LogP contribution in [0.25, 0.3) is 0 Å². The molecule has 2 N–H and O–H groups in total. The SMILES string of the molecule is CC[C@H]1CCC[C@H](O)[C@@H]1[C@@H](CCc1ccccc1)NS(=O)C(C)(C)C. The average molecular weight is 366 g/mol. The minimum Gasteiger partial charge on any atom is -0.393 e. The minimum absolute atomic E-state index is 0.0838. The first-order chi connectivity index (χ1) is 11.8. The van der Waals surface area contributed by atoms with E-state index in [1.54, 1.807) is 0 Å². The fourth-order valence-electron chi connectivity index (χ4n) is 3.97. The van der Waals surface area contributed by atoms with Crippen molar-refractivity contribution in [3.63, 3.8) is 0 Å². The van der Waals surface area contributed by atoms with E-state index >= 15 is 0 Å². The highest BCUT2D eigenvalue weighted by atomic mass is 32.2. The highest BCUT2D eigenvalue weighted by Gasteiger charge is 2.38. The van der Waals surface area contributed by atoms with Crippen molar-refractivity contribution < 1.29 is 9.32 Å². The van der Waals surface area contributed by atoms with Crippen LogP contribution in [0.15, 0.2) is 30.3 Å². The summed E-state index contributed by atoms with van der Waals surface area (Å²) in [5.74, 6) is 0.697. The molecule has 0 bridgehead atoms. The molecule has 0 radical (unpaired) electrons. The smallest absolute Gasteiger partial charge is 0.0972 e. The summed E-state index contributed by atoms with van der Waals surface area (Å²) >= 11 is 0. The minimum atomic E-state index is -1.12. The van der Waals surface area contributed by atoms with E-state index in [0.29, 0.717) is 5.92 Å². The van der Waals surface area contributed by atoms with Gasteiger partial charge in [-0.05, 0) is 57.9 Å². The van der Waals surface area contributed by atoms with E-state index in [1.807, 2.05) is 26.8 Å². The first-order valence-corrected chi connectivity index (χ1v) is 10.9. The molecule has 1 aliphatic carbocycles. The molecule has 0 aromatic heterocycles. The summed E-state index contributed by atoms with van der Waals surface area (Å²) in [6.45, 7) is 8.21. The van der Waals surface area contributed by atoms with Crippen molar-refractivity contribution in [3.05, 3.63) is 35.9 Å². The van der Waals surface area contributed by atoms with Gasteiger partial charge in [0.15, 0.2) is 0 Å². The topological polar surface area (TPSA) is 49.3 Å². The summed E-state index contributed by atoms with van der Waals surface area (Å²) in [5, 5.41) is 10.7. The monoisotopic (exact) mass is 365 g/mol. The van der Waals surface area contributed by atoms with Gasteiger partial charge >= 0.3 is 0 Å². The molecule has 1 aromatic rings. The molecular formula is C21H35NO2S. The molecule has 3 nitrogen and oxygen atoms in total. The van der Waals surface area contributed by atoms with Crippen LogP contribution in [0.4, 0.5) is 0 Å². The Balaban J connectivity index is 2.16. The van der Waals surface area contributed by atoms with E-state index in [1.165, 1.54) is 12.0 Å². The fourth-order valence-corrected chi connectivity index (χ4v) is 4.88. The highest BCUT2D eigenvalue weighted by Crippen LogP contribution is 2.36. The Morgan fingerprint density at radius 2 is 1.92 bits per heavy atom. The van der Waals surface area contributed by atoms with Crippen LogP contribution >= 0.6 is 0 Å². The Kier molecular flexibility index (Phi) is 7.66. The summed E-state index contributed by atoms with van der Waals surface area (Å²) in [4.78, 5) is 0. The fraction of sp³-hybridized carbons (Fsp3) is 0.714. The number of hydrogen-bond donors (Lipinski definition) is 2. The molecule has 0 heterocycles. The number of benzene rings is 1. The van der Waals surface area contributed by atoms with Crippen LogP contribution in [0.5, 0.6) is 0 Å². The number of aliphatic hydroxyl groups is 1. The molecule has 0 saturated heterocycles. The first kappa shape index (κ1) is 20.6. The van der Waals surface area contributed by atoms with Gasteiger partial charge in [0.1, 0.15) is 0 Å². The molecule has 1 saturated carbocycles. The van der Waals surface area contributed by atoms with Gasteiger partial charge in [-0.1, -0.05) is 50.1 Å². The summed E-state index contributed by atoms with van der Waals surface area (Å²) in [6, 6.07) is 10.5. The number of nitrogens with one attached hydrogen (secondary N) is 1. The molecule has 1 aliphatic rings. The third-order valence-corrected chi connectivity index (χ3v) is 7.08. The van der Waals surface area contributed by atoms with Crippen LogP contribution in [0.1, 0.15) is 65.4 Å². The number of hydrogen-bond acceptors (Lipinski definition) is 2. The Bertz CT molecular complexity index is 541. The molecule has 0 spiro atoms. The van der Waals surface area contributed by atoms with Crippen molar-refractivity contribution in [3.8, 4) is 0 Å². The average Bonchev–Trinajstić information content (AvgIpc) is 2.58. The molecule has 5 atom stereocenters. The molecule has 142 valence electrons. The van der Waals surface area contributed by atoms with Gasteiger partial charge in [0, 0.05) is 12.0 Å². The largest absolute Gasteiger partial charge is 0.393 e. The molecule has 25 heavy (non-hydrogen) atoms. The zero-order valence-electron chi connectivity index (χ0n) is 16.2. The van der Waals surface area contributed by atoms with Crippen molar-refractivity contribution in [2.45, 2.75) is 83.1 Å². The van der Waals surface area contributed by atoms with Gasteiger partial charge in [0.05, 0.1) is 21.8 Å². The van der Waals surface area contributed by atoms with Crippen LogP contribution in [0.2, 0.25) is 0 Å². The maximum atomic E-state index is 12.7. The van der Waals surface area contributed by atoms with Gasteiger partial charge in [-0.15, -0.1) is 0 Å². The molecular weight excluding hydrogens is 330 g/mol. The third-order valence-electron chi connectivity index (χ3n) is 5.45. The van der Waals surface area contributed by atoms with Gasteiger partial charge in [-0.2, -0.15) is 0 Å². The Morgan fingerprint density at radius 1 is 1.24 bits per heavy atom. The van der Waals surface area contributed by atoms with Crippen molar-refractivity contribution in [1.82, 2.24) is 4.72 Å². The molecule has 2 rings (SSSR count). The maximum Gasteiger partial charge on any atom is 0.0972 e. The standard InChI is InChI=1S/C21H35NO2S/c1-5-17-12-9-13-19(23)20(17)18(22-25(24)21(2,3)4)15-14-16-10-7-6-8-11-16/h6-8,10-11,17-20,22-23H,5,9,12-15H2,1-4H3/t17-,18+,19-,20-,25?/m0/s1. The number of aryl methyl sites for hydroxylation is 1. The van der Waals surface area contributed by atoms with E-state index in [9.17, 15) is 9.32 Å². The summed E-state index contributed by atoms with van der Waals surface area (Å²) in [7, 11) is -1.12. The van der Waals surface area contributed by atoms with Crippen LogP contribution < -0.4 is 4.72 Å². The van der Waals surface area contributed by atoms with Crippen LogP contribution in [0, 0.1) is 11.8 Å². The zero-order valence-corrected chi connectivity index (χ0v) is 17.0. The van der Waals surface area contributed by atoms with Crippen molar-refractivity contribution in [2.24, 2.45) is 11.8 Å². The predicted molar refractivity (Wildman–Crippen MR) is 107 cm³/mol. The molecule has 1 aromatic carbocycles. The Morgan fingerprint density at radius 3 is 2.52 bits per heavy atom. The number of rotatable bonds is 7. The zero-order chi connectivity index (χ0) is 18.4. The molecule has 1 unspecified atom stereocenters. The molecule has 0 amide bonds. The van der Waals surface area contributed by atoms with Crippen molar-refractivity contribution in [2.75, 3.05) is 0 Å². The second kappa shape index (κ2) is 9.29. The molecule has 1 fully saturated rings. The van der Waals surface area contributed by atoms with Crippen molar-refractivity contribution >= 4 is 11.0 Å². The van der Waals surface area contributed by atoms with E-state index in [0.717, 1.165) is 32.1 Å². The summed E-state index contributed by atoms with van der Waals surface area (Å²) < 4.78 is 15.9.